The third kappa shape index (κ3) is 5.07. The van der Waals surface area contributed by atoms with E-state index in [1.807, 2.05) is 0 Å². The Bertz CT molecular complexity index is 952. The van der Waals surface area contributed by atoms with Gasteiger partial charge in [-0.3, -0.25) is 14.9 Å². The van der Waals surface area contributed by atoms with Gasteiger partial charge in [-0.05, 0) is 24.3 Å². The molecule has 2 aromatic rings. The zero-order valence-corrected chi connectivity index (χ0v) is 15.5. The Balaban J connectivity index is 1.94. The van der Waals surface area contributed by atoms with Crippen LogP contribution in [0.1, 0.15) is 10.4 Å². The van der Waals surface area contributed by atoms with Crippen molar-refractivity contribution < 1.29 is 22.5 Å². The fourth-order valence-electron chi connectivity index (χ4n) is 1.98. The van der Waals surface area contributed by atoms with Gasteiger partial charge in [0, 0.05) is 29.7 Å². The summed E-state index contributed by atoms with van der Waals surface area (Å²) in [6.07, 6.45) is 0. The van der Waals surface area contributed by atoms with Crippen molar-refractivity contribution in [3.05, 3.63) is 68.4 Å². The number of nitro groups is 1. The summed E-state index contributed by atoms with van der Waals surface area (Å²) in [5.41, 5.74) is -0.535. The number of sulfonamides is 1. The number of benzene rings is 2. The third-order valence-corrected chi connectivity index (χ3v) is 5.17. The highest BCUT2D eigenvalue weighted by Gasteiger charge is 2.17. The second-order valence-electron chi connectivity index (χ2n) is 5.03. The van der Waals surface area contributed by atoms with E-state index < -0.39 is 26.7 Å². The van der Waals surface area contributed by atoms with Gasteiger partial charge in [0.1, 0.15) is 5.82 Å². The van der Waals surface area contributed by atoms with E-state index in [0.29, 0.717) is 4.47 Å². The topological polar surface area (TPSA) is 118 Å². The van der Waals surface area contributed by atoms with Crippen LogP contribution in [0.2, 0.25) is 0 Å². The average Bonchev–Trinajstić information content (AvgIpc) is 2.60. The van der Waals surface area contributed by atoms with Crippen LogP contribution in [0, 0.1) is 15.9 Å². The minimum atomic E-state index is -3.98. The molecule has 11 heteroatoms. The lowest BCUT2D eigenvalue weighted by atomic mass is 10.2. The Hall–Kier alpha value is -2.37. The van der Waals surface area contributed by atoms with Gasteiger partial charge in [-0.25, -0.2) is 17.5 Å². The molecule has 0 bridgehead atoms. The van der Waals surface area contributed by atoms with Crippen molar-refractivity contribution in [3.63, 3.8) is 0 Å². The average molecular weight is 446 g/mol. The first-order chi connectivity index (χ1) is 12.2. The second kappa shape index (κ2) is 8.34. The fourth-order valence-corrected chi connectivity index (χ4v) is 3.41. The maximum atomic E-state index is 13.6. The zero-order chi connectivity index (χ0) is 19.3. The van der Waals surface area contributed by atoms with Gasteiger partial charge in [0.05, 0.1) is 15.4 Å². The van der Waals surface area contributed by atoms with Crippen molar-refractivity contribution in [2.75, 3.05) is 13.1 Å². The number of nitro benzene ring substituents is 1. The van der Waals surface area contributed by atoms with E-state index in [4.69, 9.17) is 0 Å². The third-order valence-electron chi connectivity index (χ3n) is 3.21. The number of nitrogens with one attached hydrogen (secondary N) is 2. The smallest absolute Gasteiger partial charge is 0.270 e. The van der Waals surface area contributed by atoms with Crippen LogP contribution in [0.3, 0.4) is 0 Å². The van der Waals surface area contributed by atoms with Crippen LogP contribution in [0.4, 0.5) is 10.1 Å². The summed E-state index contributed by atoms with van der Waals surface area (Å²) in [6, 6.07) is 8.44. The summed E-state index contributed by atoms with van der Waals surface area (Å²) in [4.78, 5) is 21.6. The standard InChI is InChI=1S/C15H13BrFN3O5S/c16-10-4-5-14(17)13(8-10)15(21)18-6-7-19-26(24,25)12-3-1-2-11(9-12)20(22)23/h1-5,8-9,19H,6-7H2,(H,18,21). The quantitative estimate of drug-likeness (QED) is 0.384. The second-order valence-corrected chi connectivity index (χ2v) is 7.71. The number of halogens is 2. The van der Waals surface area contributed by atoms with E-state index in [0.717, 1.165) is 12.1 Å². The Morgan fingerprint density at radius 1 is 1.19 bits per heavy atom. The summed E-state index contributed by atoms with van der Waals surface area (Å²) in [5, 5.41) is 13.1. The molecule has 2 rings (SSSR count). The van der Waals surface area contributed by atoms with Crippen molar-refractivity contribution in [3.8, 4) is 0 Å². The molecule has 0 aliphatic rings. The van der Waals surface area contributed by atoms with E-state index in [1.165, 1.54) is 30.3 Å². The van der Waals surface area contributed by atoms with Crippen molar-refractivity contribution >= 4 is 37.5 Å². The maximum Gasteiger partial charge on any atom is 0.270 e. The van der Waals surface area contributed by atoms with Gasteiger partial charge in [-0.1, -0.05) is 22.0 Å². The van der Waals surface area contributed by atoms with E-state index in [9.17, 15) is 27.7 Å². The molecular formula is C15H13BrFN3O5S. The molecular weight excluding hydrogens is 433 g/mol. The highest BCUT2D eigenvalue weighted by molar-refractivity contribution is 9.10. The minimum Gasteiger partial charge on any atom is -0.351 e. The molecule has 0 unspecified atom stereocenters. The van der Waals surface area contributed by atoms with Gasteiger partial charge >= 0.3 is 0 Å². The first-order valence-electron chi connectivity index (χ1n) is 7.18. The van der Waals surface area contributed by atoms with Crippen LogP contribution in [0.5, 0.6) is 0 Å². The Labute approximate surface area is 156 Å². The predicted octanol–water partition coefficient (Wildman–Crippen LogP) is 2.20. The largest absolute Gasteiger partial charge is 0.351 e. The lowest BCUT2D eigenvalue weighted by Gasteiger charge is -2.09. The normalized spacial score (nSPS) is 11.2. The van der Waals surface area contributed by atoms with Gasteiger partial charge in [0.2, 0.25) is 10.0 Å². The van der Waals surface area contributed by atoms with E-state index in [2.05, 4.69) is 26.0 Å². The molecule has 138 valence electrons. The Kier molecular flexibility index (Phi) is 6.40. The molecule has 26 heavy (non-hydrogen) atoms. The molecule has 2 aromatic carbocycles. The summed E-state index contributed by atoms with van der Waals surface area (Å²) in [7, 11) is -3.98. The van der Waals surface area contributed by atoms with Crippen molar-refractivity contribution in [1.82, 2.24) is 10.0 Å². The van der Waals surface area contributed by atoms with Crippen LogP contribution in [-0.2, 0) is 10.0 Å². The molecule has 0 saturated heterocycles. The summed E-state index contributed by atoms with van der Waals surface area (Å²) < 4.78 is 40.5. The number of hydrogen-bond acceptors (Lipinski definition) is 5. The van der Waals surface area contributed by atoms with Gasteiger partial charge in [0.15, 0.2) is 0 Å². The fraction of sp³-hybridized carbons (Fsp3) is 0.133. The molecule has 0 atom stereocenters. The molecule has 0 aliphatic heterocycles. The van der Waals surface area contributed by atoms with E-state index >= 15 is 0 Å². The van der Waals surface area contributed by atoms with Crippen LogP contribution in [0.25, 0.3) is 0 Å². The highest BCUT2D eigenvalue weighted by Crippen LogP contribution is 2.17. The van der Waals surface area contributed by atoms with Crippen LogP contribution in [-0.4, -0.2) is 32.3 Å². The molecule has 2 N–H and O–H groups in total. The zero-order valence-electron chi connectivity index (χ0n) is 13.1. The summed E-state index contributed by atoms with van der Waals surface area (Å²) in [5.74, 6) is -1.40. The van der Waals surface area contributed by atoms with E-state index in [1.54, 1.807) is 0 Å². The monoisotopic (exact) mass is 445 g/mol. The minimum absolute atomic E-state index is 0.0983. The van der Waals surface area contributed by atoms with Gasteiger partial charge in [-0.2, -0.15) is 0 Å². The highest BCUT2D eigenvalue weighted by atomic mass is 79.9. The SMILES string of the molecule is O=C(NCCNS(=O)(=O)c1cccc([N+](=O)[O-])c1)c1cc(Br)ccc1F. The Morgan fingerprint density at radius 2 is 1.92 bits per heavy atom. The van der Waals surface area contributed by atoms with Crippen molar-refractivity contribution in [2.45, 2.75) is 4.90 Å². The molecule has 1 amide bonds. The lowest BCUT2D eigenvalue weighted by molar-refractivity contribution is -0.385. The first-order valence-corrected chi connectivity index (χ1v) is 9.46. The van der Waals surface area contributed by atoms with Crippen molar-refractivity contribution in [1.29, 1.82) is 0 Å². The Morgan fingerprint density at radius 3 is 2.62 bits per heavy atom. The molecule has 0 saturated carbocycles. The molecule has 0 aliphatic carbocycles. The number of rotatable bonds is 7. The molecule has 0 spiro atoms. The van der Waals surface area contributed by atoms with Crippen molar-refractivity contribution in [2.24, 2.45) is 0 Å². The van der Waals surface area contributed by atoms with Crippen LogP contribution >= 0.6 is 15.9 Å². The number of hydrogen-bond donors (Lipinski definition) is 2. The van der Waals surface area contributed by atoms with Gasteiger partial charge in [0.25, 0.3) is 11.6 Å². The van der Waals surface area contributed by atoms with E-state index in [-0.39, 0.29) is 29.2 Å². The molecule has 0 heterocycles. The summed E-state index contributed by atoms with van der Waals surface area (Å²) in [6.45, 7) is -0.272. The molecule has 0 fully saturated rings. The van der Waals surface area contributed by atoms with Gasteiger partial charge < -0.3 is 5.32 Å². The van der Waals surface area contributed by atoms with Crippen LogP contribution < -0.4 is 10.0 Å². The number of non-ortho nitro benzene ring substituents is 1. The molecule has 8 nitrogen and oxygen atoms in total. The molecule has 0 aromatic heterocycles. The first kappa shape index (κ1) is 19.9. The summed E-state index contributed by atoms with van der Waals surface area (Å²) >= 11 is 3.13. The number of carbonyl (C=O) groups excluding carboxylic acids is 1. The lowest BCUT2D eigenvalue weighted by Crippen LogP contribution is -2.35. The maximum absolute atomic E-state index is 13.6. The van der Waals surface area contributed by atoms with Gasteiger partial charge in [-0.15, -0.1) is 0 Å². The van der Waals surface area contributed by atoms with Crippen LogP contribution in [0.15, 0.2) is 51.8 Å². The number of amides is 1. The number of carbonyl (C=O) groups is 1. The molecule has 0 radical (unpaired) electrons. The predicted molar refractivity (Wildman–Crippen MR) is 94.7 cm³/mol. The number of nitrogens with zero attached hydrogens (tertiary/aromatic N) is 1.